The number of carbonyl (C=O) groups is 1. The molecule has 2 aromatic rings. The van der Waals surface area contributed by atoms with Crippen LogP contribution in [0.4, 0.5) is 0 Å². The van der Waals surface area contributed by atoms with Crippen molar-refractivity contribution in [2.24, 2.45) is 0 Å². The zero-order chi connectivity index (χ0) is 13.0. The van der Waals surface area contributed by atoms with Crippen LogP contribution in [0.1, 0.15) is 13.3 Å². The molecule has 0 fully saturated rings. The minimum atomic E-state index is -0.762. The summed E-state index contributed by atoms with van der Waals surface area (Å²) in [5, 5.41) is 9.83. The first-order chi connectivity index (χ1) is 8.70. The van der Waals surface area contributed by atoms with E-state index in [4.69, 9.17) is 4.74 Å². The van der Waals surface area contributed by atoms with Crippen molar-refractivity contribution >= 4 is 17.0 Å². The Labute approximate surface area is 105 Å². The standard InChI is InChI=1S/C13H16N2O3/c1-2-18-13(17)7-10(16)8-15-9-14-11-5-3-4-6-12(11)15/h3-6,9-10,16H,2,7-8H2,1H3. The average Bonchev–Trinajstić information content (AvgIpc) is 2.73. The van der Waals surface area contributed by atoms with Crippen molar-refractivity contribution < 1.29 is 14.6 Å². The van der Waals surface area contributed by atoms with Crippen molar-refractivity contribution in [1.29, 1.82) is 0 Å². The van der Waals surface area contributed by atoms with Gasteiger partial charge in [0.2, 0.25) is 0 Å². The van der Waals surface area contributed by atoms with E-state index in [-0.39, 0.29) is 12.4 Å². The lowest BCUT2D eigenvalue weighted by Crippen LogP contribution is -2.20. The second-order valence-electron chi connectivity index (χ2n) is 4.05. The van der Waals surface area contributed by atoms with Crippen molar-refractivity contribution in [3.63, 3.8) is 0 Å². The molecule has 0 aliphatic carbocycles. The lowest BCUT2D eigenvalue weighted by Gasteiger charge is -2.11. The molecule has 1 unspecified atom stereocenters. The van der Waals surface area contributed by atoms with Crippen LogP contribution in [0.3, 0.4) is 0 Å². The molecule has 0 bridgehead atoms. The van der Waals surface area contributed by atoms with Crippen LogP contribution in [0.15, 0.2) is 30.6 Å². The fraction of sp³-hybridized carbons (Fsp3) is 0.385. The highest BCUT2D eigenvalue weighted by Crippen LogP contribution is 2.12. The summed E-state index contributed by atoms with van der Waals surface area (Å²) in [7, 11) is 0. The third kappa shape index (κ3) is 2.87. The summed E-state index contributed by atoms with van der Waals surface area (Å²) in [6.45, 7) is 2.41. The van der Waals surface area contributed by atoms with Gasteiger partial charge in [-0.25, -0.2) is 4.98 Å². The van der Waals surface area contributed by atoms with E-state index in [0.717, 1.165) is 11.0 Å². The monoisotopic (exact) mass is 248 g/mol. The first-order valence-electron chi connectivity index (χ1n) is 5.94. The summed E-state index contributed by atoms with van der Waals surface area (Å²) >= 11 is 0. The van der Waals surface area contributed by atoms with Crippen molar-refractivity contribution in [2.45, 2.75) is 26.0 Å². The summed E-state index contributed by atoms with van der Waals surface area (Å²) in [5.41, 5.74) is 1.82. The average molecular weight is 248 g/mol. The third-order valence-corrected chi connectivity index (χ3v) is 2.64. The number of para-hydroxylation sites is 2. The van der Waals surface area contributed by atoms with E-state index < -0.39 is 6.10 Å². The maximum Gasteiger partial charge on any atom is 0.308 e. The molecule has 5 nitrogen and oxygen atoms in total. The Balaban J connectivity index is 2.03. The van der Waals surface area contributed by atoms with E-state index in [2.05, 4.69) is 4.98 Å². The molecule has 1 aromatic carbocycles. The zero-order valence-electron chi connectivity index (χ0n) is 10.2. The van der Waals surface area contributed by atoms with Gasteiger partial charge in [0.15, 0.2) is 0 Å². The maximum atomic E-state index is 11.2. The number of rotatable bonds is 5. The molecular formula is C13H16N2O3. The highest BCUT2D eigenvalue weighted by atomic mass is 16.5. The minimum Gasteiger partial charge on any atom is -0.466 e. The molecule has 0 aliphatic heterocycles. The van der Waals surface area contributed by atoms with Gasteiger partial charge in [-0.15, -0.1) is 0 Å². The molecule has 0 saturated carbocycles. The van der Waals surface area contributed by atoms with Gasteiger partial charge in [0.25, 0.3) is 0 Å². The van der Waals surface area contributed by atoms with E-state index in [0.29, 0.717) is 13.2 Å². The summed E-state index contributed by atoms with van der Waals surface area (Å²) in [5.74, 6) is -0.380. The van der Waals surface area contributed by atoms with Crippen molar-refractivity contribution in [2.75, 3.05) is 6.61 Å². The molecule has 1 heterocycles. The van der Waals surface area contributed by atoms with Crippen molar-refractivity contribution in [1.82, 2.24) is 9.55 Å². The fourth-order valence-corrected chi connectivity index (χ4v) is 1.86. The number of hydrogen-bond donors (Lipinski definition) is 1. The smallest absolute Gasteiger partial charge is 0.308 e. The molecular weight excluding hydrogens is 232 g/mol. The third-order valence-electron chi connectivity index (χ3n) is 2.64. The number of aliphatic hydroxyl groups is 1. The Hall–Kier alpha value is -1.88. The summed E-state index contributed by atoms with van der Waals surface area (Å²) < 4.78 is 6.63. The Morgan fingerprint density at radius 1 is 1.50 bits per heavy atom. The number of carbonyl (C=O) groups excluding carboxylic acids is 1. The molecule has 96 valence electrons. The van der Waals surface area contributed by atoms with Crippen LogP contribution in [0.5, 0.6) is 0 Å². The Kier molecular flexibility index (Phi) is 3.94. The number of hydrogen-bond acceptors (Lipinski definition) is 4. The predicted octanol–water partition coefficient (Wildman–Crippen LogP) is 1.35. The van der Waals surface area contributed by atoms with E-state index in [1.807, 2.05) is 28.8 Å². The highest BCUT2D eigenvalue weighted by Gasteiger charge is 2.13. The van der Waals surface area contributed by atoms with E-state index in [9.17, 15) is 9.90 Å². The van der Waals surface area contributed by atoms with Gasteiger partial charge >= 0.3 is 5.97 Å². The molecule has 5 heteroatoms. The second kappa shape index (κ2) is 5.64. The largest absolute Gasteiger partial charge is 0.466 e. The zero-order valence-corrected chi connectivity index (χ0v) is 10.2. The normalized spacial score (nSPS) is 12.6. The lowest BCUT2D eigenvalue weighted by atomic mass is 10.2. The van der Waals surface area contributed by atoms with Gasteiger partial charge in [0.05, 0.1) is 43.0 Å². The van der Waals surface area contributed by atoms with Crippen molar-refractivity contribution in [3.05, 3.63) is 30.6 Å². The first-order valence-corrected chi connectivity index (χ1v) is 5.94. The number of nitrogens with zero attached hydrogens (tertiary/aromatic N) is 2. The number of fused-ring (bicyclic) bond motifs is 1. The number of ether oxygens (including phenoxy) is 1. The Bertz CT molecular complexity index is 536. The van der Waals surface area contributed by atoms with Crippen LogP contribution in [0.25, 0.3) is 11.0 Å². The van der Waals surface area contributed by atoms with Gasteiger partial charge < -0.3 is 14.4 Å². The molecule has 1 aromatic heterocycles. The minimum absolute atomic E-state index is 0.000344. The van der Waals surface area contributed by atoms with Gasteiger partial charge in [0.1, 0.15) is 0 Å². The summed E-state index contributed by atoms with van der Waals surface area (Å²) in [6, 6.07) is 7.66. The van der Waals surface area contributed by atoms with Gasteiger partial charge in [-0.05, 0) is 19.1 Å². The van der Waals surface area contributed by atoms with Crippen LogP contribution in [-0.2, 0) is 16.1 Å². The number of aromatic nitrogens is 2. The topological polar surface area (TPSA) is 64.3 Å². The van der Waals surface area contributed by atoms with Crippen LogP contribution in [0.2, 0.25) is 0 Å². The van der Waals surface area contributed by atoms with Gasteiger partial charge in [-0.3, -0.25) is 4.79 Å². The van der Waals surface area contributed by atoms with E-state index >= 15 is 0 Å². The van der Waals surface area contributed by atoms with Gasteiger partial charge in [-0.1, -0.05) is 12.1 Å². The molecule has 0 amide bonds. The van der Waals surface area contributed by atoms with Gasteiger partial charge in [-0.2, -0.15) is 0 Å². The Morgan fingerprint density at radius 2 is 2.28 bits per heavy atom. The molecule has 1 atom stereocenters. The van der Waals surface area contributed by atoms with Crippen molar-refractivity contribution in [3.8, 4) is 0 Å². The summed E-state index contributed by atoms with van der Waals surface area (Å²) in [4.78, 5) is 15.5. The predicted molar refractivity (Wildman–Crippen MR) is 67.0 cm³/mol. The number of benzene rings is 1. The van der Waals surface area contributed by atoms with Crippen LogP contribution in [0, 0.1) is 0 Å². The van der Waals surface area contributed by atoms with Gasteiger partial charge in [0, 0.05) is 0 Å². The molecule has 2 rings (SSSR count). The molecule has 0 saturated heterocycles. The molecule has 0 spiro atoms. The maximum absolute atomic E-state index is 11.2. The lowest BCUT2D eigenvalue weighted by molar-refractivity contribution is -0.145. The molecule has 0 aliphatic rings. The number of aliphatic hydroxyl groups excluding tert-OH is 1. The van der Waals surface area contributed by atoms with E-state index in [1.54, 1.807) is 13.3 Å². The van der Waals surface area contributed by atoms with E-state index in [1.165, 1.54) is 0 Å². The van der Waals surface area contributed by atoms with Crippen LogP contribution < -0.4 is 0 Å². The quantitative estimate of drug-likeness (QED) is 0.811. The molecule has 1 N–H and O–H groups in total. The highest BCUT2D eigenvalue weighted by molar-refractivity contribution is 5.75. The second-order valence-corrected chi connectivity index (χ2v) is 4.05. The number of esters is 1. The SMILES string of the molecule is CCOC(=O)CC(O)Cn1cnc2ccccc21. The Morgan fingerprint density at radius 3 is 3.06 bits per heavy atom. The molecule has 0 radical (unpaired) electrons. The first kappa shape index (κ1) is 12.6. The summed E-state index contributed by atoms with van der Waals surface area (Å²) in [6.07, 6.45) is 0.904. The van der Waals surface area contributed by atoms with Crippen LogP contribution >= 0.6 is 0 Å². The molecule has 18 heavy (non-hydrogen) atoms. The number of imidazole rings is 1. The fourth-order valence-electron chi connectivity index (χ4n) is 1.86. The van der Waals surface area contributed by atoms with Crippen LogP contribution in [-0.4, -0.2) is 33.3 Å².